The monoisotopic (exact) mass is 477 g/mol. The van der Waals surface area contributed by atoms with Crippen molar-refractivity contribution in [3.8, 4) is 16.5 Å². The number of anilines is 1. The lowest BCUT2D eigenvalue weighted by Crippen LogP contribution is -2.26. The van der Waals surface area contributed by atoms with Crippen LogP contribution in [0.5, 0.6) is 5.75 Å². The predicted octanol–water partition coefficient (Wildman–Crippen LogP) is 5.05. The van der Waals surface area contributed by atoms with Crippen molar-refractivity contribution >= 4 is 28.9 Å². The normalized spacial score (nSPS) is 11.6. The molecule has 0 saturated carbocycles. The smallest absolute Gasteiger partial charge is 0.307 e. The van der Waals surface area contributed by atoms with Crippen LogP contribution in [0.3, 0.4) is 0 Å². The van der Waals surface area contributed by atoms with Crippen molar-refractivity contribution in [3.05, 3.63) is 83.6 Å². The summed E-state index contributed by atoms with van der Waals surface area (Å²) < 4.78 is 16.4. The summed E-state index contributed by atoms with van der Waals surface area (Å²) in [6, 6.07) is 19.7. The number of carbonyl (C=O) groups excluding carboxylic acids is 2. The molecular weight excluding hydrogens is 454 g/mol. The second-order valence-electron chi connectivity index (χ2n) is 7.19. The van der Waals surface area contributed by atoms with Crippen LogP contribution in [0.25, 0.3) is 10.7 Å². The van der Waals surface area contributed by atoms with Gasteiger partial charge in [0.05, 0.1) is 23.6 Å². The van der Waals surface area contributed by atoms with Crippen LogP contribution in [-0.2, 0) is 20.7 Å². The molecule has 0 aliphatic rings. The molecule has 1 unspecified atom stereocenters. The topological polar surface area (TPSA) is 104 Å². The number of hydrogen-bond acceptors (Lipinski definition) is 8. The van der Waals surface area contributed by atoms with E-state index in [2.05, 4.69) is 15.5 Å². The van der Waals surface area contributed by atoms with Crippen LogP contribution in [0.1, 0.15) is 30.9 Å². The van der Waals surface area contributed by atoms with Gasteiger partial charge in [-0.3, -0.25) is 9.59 Å². The summed E-state index contributed by atoms with van der Waals surface area (Å²) >= 11 is 1.50. The number of nitrogens with zero attached hydrogens (tertiary/aromatic N) is 2. The average Bonchev–Trinajstić information content (AvgIpc) is 3.55. The van der Waals surface area contributed by atoms with E-state index in [4.69, 9.17) is 14.0 Å². The fraction of sp³-hybridized carbons (Fsp3) is 0.200. The van der Waals surface area contributed by atoms with Gasteiger partial charge in [-0.25, -0.2) is 0 Å². The number of esters is 1. The molecular formula is C25H23N3O5S. The number of aryl methyl sites for hydroxylation is 1. The van der Waals surface area contributed by atoms with E-state index in [-0.39, 0.29) is 12.8 Å². The molecule has 9 heteroatoms. The van der Waals surface area contributed by atoms with E-state index < -0.39 is 18.0 Å². The van der Waals surface area contributed by atoms with Crippen LogP contribution in [0, 0.1) is 0 Å². The van der Waals surface area contributed by atoms with Crippen molar-refractivity contribution in [2.24, 2.45) is 0 Å². The van der Waals surface area contributed by atoms with Gasteiger partial charge >= 0.3 is 5.97 Å². The number of aromatic nitrogens is 2. The second kappa shape index (κ2) is 11.2. The van der Waals surface area contributed by atoms with Crippen LogP contribution in [-0.4, -0.2) is 28.6 Å². The molecule has 1 amide bonds. The largest absolute Gasteiger partial charge is 0.492 e. The average molecular weight is 478 g/mol. The Hall–Kier alpha value is -3.98. The molecule has 0 radical (unpaired) electrons. The summed E-state index contributed by atoms with van der Waals surface area (Å²) in [5.74, 6) is 0.302. The Labute approximate surface area is 200 Å². The molecule has 0 bridgehead atoms. The maximum absolute atomic E-state index is 13.1. The van der Waals surface area contributed by atoms with E-state index in [0.717, 1.165) is 4.88 Å². The van der Waals surface area contributed by atoms with Crippen LogP contribution in [0.4, 0.5) is 5.69 Å². The van der Waals surface area contributed by atoms with E-state index in [9.17, 15) is 9.59 Å². The fourth-order valence-corrected chi connectivity index (χ4v) is 3.86. The minimum atomic E-state index is -1.13. The van der Waals surface area contributed by atoms with Crippen molar-refractivity contribution < 1.29 is 23.6 Å². The Morgan fingerprint density at radius 2 is 1.85 bits per heavy atom. The molecule has 34 heavy (non-hydrogen) atoms. The highest BCUT2D eigenvalue weighted by molar-refractivity contribution is 7.13. The van der Waals surface area contributed by atoms with Gasteiger partial charge in [0.2, 0.25) is 17.8 Å². The van der Waals surface area contributed by atoms with Crippen molar-refractivity contribution in [3.63, 3.8) is 0 Å². The Balaban J connectivity index is 1.43. The van der Waals surface area contributed by atoms with Gasteiger partial charge < -0.3 is 19.3 Å². The lowest BCUT2D eigenvalue weighted by Gasteiger charge is -2.19. The van der Waals surface area contributed by atoms with Gasteiger partial charge in [-0.2, -0.15) is 4.98 Å². The van der Waals surface area contributed by atoms with Crippen LogP contribution >= 0.6 is 11.3 Å². The third kappa shape index (κ3) is 5.87. The summed E-state index contributed by atoms with van der Waals surface area (Å²) in [5.41, 5.74) is 1.05. The summed E-state index contributed by atoms with van der Waals surface area (Å²) in [4.78, 5) is 31.0. The molecule has 0 saturated heterocycles. The minimum Gasteiger partial charge on any atom is -0.492 e. The van der Waals surface area contributed by atoms with Gasteiger partial charge in [-0.1, -0.05) is 53.7 Å². The summed E-state index contributed by atoms with van der Waals surface area (Å²) in [6.07, 6.45) is -0.945. The number of rotatable bonds is 10. The maximum Gasteiger partial charge on any atom is 0.307 e. The van der Waals surface area contributed by atoms with Gasteiger partial charge in [0.1, 0.15) is 5.75 Å². The van der Waals surface area contributed by atoms with E-state index >= 15 is 0 Å². The molecule has 0 spiro atoms. The SMILES string of the molecule is CCOc1ccccc1NC(=O)C(OC(=O)CCc1nc(-c2cccs2)no1)c1ccccc1. The quantitative estimate of drug-likeness (QED) is 0.319. The number of hydrogen-bond donors (Lipinski definition) is 1. The molecule has 0 fully saturated rings. The summed E-state index contributed by atoms with van der Waals surface area (Å²) in [5, 5.41) is 8.67. The van der Waals surface area contributed by atoms with Crippen molar-refractivity contribution in [2.45, 2.75) is 25.9 Å². The number of thiophene rings is 1. The number of nitrogens with one attached hydrogen (secondary N) is 1. The highest BCUT2D eigenvalue weighted by atomic mass is 32.1. The first-order valence-corrected chi connectivity index (χ1v) is 11.7. The molecule has 1 atom stereocenters. The first-order chi connectivity index (χ1) is 16.6. The van der Waals surface area contributed by atoms with Gasteiger partial charge in [0.25, 0.3) is 5.91 Å². The van der Waals surface area contributed by atoms with Crippen molar-refractivity contribution in [1.82, 2.24) is 10.1 Å². The molecule has 4 aromatic rings. The fourth-order valence-electron chi connectivity index (χ4n) is 3.21. The van der Waals surface area contributed by atoms with E-state index in [1.54, 1.807) is 42.5 Å². The van der Waals surface area contributed by atoms with E-state index in [1.165, 1.54) is 11.3 Å². The first kappa shape index (κ1) is 23.2. The molecule has 174 valence electrons. The third-order valence-electron chi connectivity index (χ3n) is 4.79. The number of para-hydroxylation sites is 2. The van der Waals surface area contributed by atoms with Crippen molar-refractivity contribution in [2.75, 3.05) is 11.9 Å². The molecule has 8 nitrogen and oxygen atoms in total. The Morgan fingerprint density at radius 1 is 1.06 bits per heavy atom. The molecule has 0 aliphatic heterocycles. The highest BCUT2D eigenvalue weighted by Crippen LogP contribution is 2.27. The number of carbonyl (C=O) groups is 2. The number of amides is 1. The third-order valence-corrected chi connectivity index (χ3v) is 5.65. The zero-order valence-corrected chi connectivity index (χ0v) is 19.3. The predicted molar refractivity (Wildman–Crippen MR) is 127 cm³/mol. The van der Waals surface area contributed by atoms with E-state index in [0.29, 0.717) is 35.3 Å². The highest BCUT2D eigenvalue weighted by Gasteiger charge is 2.26. The zero-order valence-electron chi connectivity index (χ0n) is 18.5. The van der Waals surface area contributed by atoms with Gasteiger partial charge in [0.15, 0.2) is 0 Å². The van der Waals surface area contributed by atoms with Crippen LogP contribution < -0.4 is 10.1 Å². The maximum atomic E-state index is 13.1. The van der Waals surface area contributed by atoms with Gasteiger partial charge in [-0.15, -0.1) is 11.3 Å². The lowest BCUT2D eigenvalue weighted by molar-refractivity contribution is -0.154. The number of benzene rings is 2. The standard InChI is InChI=1S/C25H23N3O5S/c1-2-31-19-12-7-6-11-18(19)26-25(30)23(17-9-4-3-5-10-17)32-22(29)15-14-21-27-24(28-33-21)20-13-8-16-34-20/h3-13,16,23H,2,14-15H2,1H3,(H,26,30). The zero-order chi connectivity index (χ0) is 23.8. The first-order valence-electron chi connectivity index (χ1n) is 10.8. The van der Waals surface area contributed by atoms with Gasteiger partial charge in [0, 0.05) is 12.0 Å². The molecule has 0 aliphatic carbocycles. The molecule has 4 rings (SSSR count). The lowest BCUT2D eigenvalue weighted by atomic mass is 10.1. The molecule has 2 heterocycles. The summed E-state index contributed by atoms with van der Waals surface area (Å²) in [6.45, 7) is 2.31. The Kier molecular flexibility index (Phi) is 7.67. The number of ether oxygens (including phenoxy) is 2. The summed E-state index contributed by atoms with van der Waals surface area (Å²) in [7, 11) is 0. The molecule has 2 aromatic carbocycles. The van der Waals surface area contributed by atoms with Gasteiger partial charge in [-0.05, 0) is 30.5 Å². The minimum absolute atomic E-state index is 0.0157. The van der Waals surface area contributed by atoms with Crippen LogP contribution in [0.15, 0.2) is 76.6 Å². The Morgan fingerprint density at radius 3 is 2.62 bits per heavy atom. The van der Waals surface area contributed by atoms with Crippen molar-refractivity contribution in [1.29, 1.82) is 0 Å². The van der Waals surface area contributed by atoms with E-state index in [1.807, 2.05) is 36.6 Å². The molecule has 2 aromatic heterocycles. The second-order valence-corrected chi connectivity index (χ2v) is 8.14. The van der Waals surface area contributed by atoms with Crippen LogP contribution in [0.2, 0.25) is 0 Å². The Bertz CT molecular complexity index is 1220. The molecule has 1 N–H and O–H groups in total.